The first-order valence-corrected chi connectivity index (χ1v) is 40.8. The number of unbranched alkanes of at least 4 members (excludes halogenated alkanes) is 8. The van der Waals surface area contributed by atoms with Crippen LogP contribution in [0.2, 0.25) is 0 Å². The van der Waals surface area contributed by atoms with Crippen molar-refractivity contribution < 1.29 is 130 Å². The van der Waals surface area contributed by atoms with Crippen LogP contribution in [0.3, 0.4) is 0 Å². The average Bonchev–Trinajstić information content (AvgIpc) is 0.890. The zero-order chi connectivity index (χ0) is 90.1. The Morgan fingerprint density at radius 3 is 0.932 bits per heavy atom. The van der Waals surface area contributed by atoms with Crippen molar-refractivity contribution in [1.82, 2.24) is 37.2 Å². The monoisotopic (exact) mass is 1690 g/mol. The minimum Gasteiger partial charge on any atom is -0.388 e. The van der Waals surface area contributed by atoms with Gasteiger partial charge in [0.15, 0.2) is 47.5 Å². The smallest absolute Gasteiger partial charge is 0.251 e. The van der Waals surface area contributed by atoms with Gasteiger partial charge in [0.2, 0.25) is 0 Å². The Morgan fingerprint density at radius 2 is 0.607 bits per heavy atom. The molecule has 117 heavy (non-hydrogen) atoms. The number of ketones is 4. The zero-order valence-corrected chi connectivity index (χ0v) is 71.4. The molecule has 0 saturated carbocycles. The van der Waals surface area contributed by atoms with Crippen molar-refractivity contribution in [3.63, 3.8) is 0 Å². The summed E-state index contributed by atoms with van der Waals surface area (Å²) in [4.78, 5) is 95.6. The Hall–Kier alpha value is -5.80. The summed E-state index contributed by atoms with van der Waals surface area (Å²) in [6.45, 7) is 18.3. The molecule has 0 bridgehead atoms. The molecule has 0 unspecified atom stereocenters. The molecule has 0 spiro atoms. The maximum atomic E-state index is 11.8. The first-order valence-electron chi connectivity index (χ1n) is 40.8. The van der Waals surface area contributed by atoms with E-state index in [1.54, 1.807) is 14.0 Å². The molecule has 0 aliphatic heterocycles. The summed E-state index contributed by atoms with van der Waals surface area (Å²) >= 11 is 0. The van der Waals surface area contributed by atoms with Crippen LogP contribution < -0.4 is 43.0 Å². The second-order valence-corrected chi connectivity index (χ2v) is 27.9. The Morgan fingerprint density at radius 1 is 0.316 bits per heavy atom. The number of nitrogens with zero attached hydrogens (tertiary/aromatic N) is 1. The van der Waals surface area contributed by atoms with E-state index in [4.69, 9.17) is 31.4 Å². The number of amidine groups is 1. The van der Waals surface area contributed by atoms with E-state index in [1.165, 1.54) is 59.0 Å². The number of nitrogens with one attached hydrogen (secondary N) is 10. The second-order valence-electron chi connectivity index (χ2n) is 27.9. The molecule has 16 atom stereocenters. The Labute approximate surface area is 695 Å². The molecule has 0 aliphatic carbocycles. The summed E-state index contributed by atoms with van der Waals surface area (Å²) in [7, 11) is 8.10. The van der Waals surface area contributed by atoms with Gasteiger partial charge in [-0.05, 0) is 164 Å². The van der Waals surface area contributed by atoms with Crippen molar-refractivity contribution in [2.75, 3.05) is 101 Å². The second kappa shape index (κ2) is 82.5. The molecule has 0 aromatic rings. The van der Waals surface area contributed by atoms with Gasteiger partial charge in [0.25, 0.3) is 23.6 Å². The van der Waals surface area contributed by atoms with Gasteiger partial charge >= 0.3 is 0 Å². The number of aliphatic hydroxyl groups is 16. The van der Waals surface area contributed by atoms with E-state index in [-0.39, 0.29) is 46.3 Å². The summed E-state index contributed by atoms with van der Waals surface area (Å²) in [5, 5.41) is 194. The van der Waals surface area contributed by atoms with Crippen molar-refractivity contribution in [1.29, 1.82) is 16.2 Å². The molecule has 0 aromatic heterocycles. The summed E-state index contributed by atoms with van der Waals surface area (Å²) in [5.41, 5.74) is 7.94. The largest absolute Gasteiger partial charge is 0.388 e. The lowest BCUT2D eigenvalue weighted by Gasteiger charge is -2.25. The maximum Gasteiger partial charge on any atom is 0.251 e. The molecule has 0 saturated heterocycles. The summed E-state index contributed by atoms with van der Waals surface area (Å²) in [6.07, 6.45) is -7.78. The average molecular weight is 1690 g/mol. The SMILES string of the molecule is C.CCCCC(=O)[C@H](O)[C@@H](O)[C@@H](O)[C@H](O)C(=O)NCCC.CCCCCCCC(=N)CCCNC.CCCOCCCC(=O)[C@H](O)[C@@H](O)[C@@H](O)[C@H](O)C(=O)NCCOCCC.CNC(=O)[C@@H](O)[C@H](O)[C@H](O)[C@@H](O)C(=O)CCCN=C(C)N.CNCCCC(=N)CCCCCCC(C)=N.CNCCCC(=O)[C@H](O)[C@@H](O)[C@@H](O)[C@H](O)C(=O)NC. The van der Waals surface area contributed by atoms with Gasteiger partial charge in [-0.1, -0.05) is 87.0 Å². The predicted octanol–water partition coefficient (Wildman–Crippen LogP) is -1.50. The van der Waals surface area contributed by atoms with E-state index in [1.807, 2.05) is 48.7 Å². The fourth-order valence-electron chi connectivity index (χ4n) is 9.84. The van der Waals surface area contributed by atoms with Crippen LogP contribution in [0.25, 0.3) is 0 Å². The standard InChI is InChI=1S/C17H33NO8.C13H27N3.C13H25NO6.C12H23N3O6.C12H26N2.C11H22N2O6.CH4/c1-3-8-25-10-5-6-12(19)13(20)14(21)15(22)16(23)17(24)18-7-11-26-9-4-2;1-12(14)8-5-3-4-6-9-13(15)10-7-11-16-2;1-3-5-6-8(15)9(16)10(17)11(18)12(19)13(20)14-7-4-2;1-6(13)15-5-3-4-7(16)8(17)9(18)10(19)11(20)12(21)14-2;1-3-4-5-6-7-9-12(13)10-8-11-14-2;1-12-5-3-4-6(14)7(15)8(16)9(17)10(18)11(19)13-2;/h13-16,20-23H,3-11H2,1-2H3,(H,18,24);14-16H,3-11H2,1-2H3;9-12,16-19H,3-7H2,1-2H3,(H,14,20);8-11,17-20H,3-5H2,1-2H3,(H2,13,15)(H,14,21);13-14H,3-11H2,1-2H3;7-10,12,15-18H,3-5H2,1-2H3,(H,13,19);1H4/t13-,14+,15+,16-;;9-,10+,11+,12-;8-,9+,10+,11-;;7-,8+,9+,10-;/m0.00.0./s1. The van der Waals surface area contributed by atoms with Crippen LogP contribution in [0.15, 0.2) is 4.99 Å². The zero-order valence-electron chi connectivity index (χ0n) is 71.4. The normalized spacial score (nSPS) is 15.1. The lowest BCUT2D eigenvalue weighted by molar-refractivity contribution is -0.154. The number of nitrogens with two attached hydrogens (primary N) is 1. The van der Waals surface area contributed by atoms with E-state index in [0.717, 1.165) is 107 Å². The van der Waals surface area contributed by atoms with Crippen molar-refractivity contribution in [3.05, 3.63) is 0 Å². The molecule has 28 N–H and O–H groups in total. The molecule has 692 valence electrons. The molecular weight excluding hydrogens is 1530 g/mol. The number of hydrogen-bond donors (Lipinski definition) is 27. The topological polar surface area (TPSA) is 673 Å². The van der Waals surface area contributed by atoms with Gasteiger partial charge in [-0.3, -0.25) is 43.3 Å². The van der Waals surface area contributed by atoms with Crippen molar-refractivity contribution in [2.24, 2.45) is 10.7 Å². The molecule has 4 amide bonds. The lowest BCUT2D eigenvalue weighted by Crippen LogP contribution is -2.52. The number of carbonyl (C=O) groups excluding carboxylic acids is 8. The highest BCUT2D eigenvalue weighted by Crippen LogP contribution is 2.15. The van der Waals surface area contributed by atoms with Crippen LogP contribution in [0.4, 0.5) is 0 Å². The number of aliphatic imine (C=N–C) groups is 1. The van der Waals surface area contributed by atoms with Gasteiger partial charge in [0.1, 0.15) is 73.2 Å². The predicted molar refractivity (Wildman–Crippen MR) is 449 cm³/mol. The fraction of sp³-hybridized carbons (Fsp3) is 0.848. The molecule has 38 heteroatoms. The molecule has 0 rings (SSSR count). The number of carbonyl (C=O) groups is 8. The molecule has 0 fully saturated rings. The third-order valence-electron chi connectivity index (χ3n) is 17.1. The number of aliphatic hydroxyl groups excluding tert-OH is 16. The Bertz CT molecular complexity index is 2520. The molecule has 0 aliphatic rings. The van der Waals surface area contributed by atoms with Crippen LogP contribution in [0.1, 0.15) is 236 Å². The highest BCUT2D eigenvalue weighted by Gasteiger charge is 2.40. The van der Waals surface area contributed by atoms with Gasteiger partial charge < -0.3 is 150 Å². The van der Waals surface area contributed by atoms with Crippen LogP contribution in [0, 0.1) is 16.2 Å². The Balaban J connectivity index is -0.000000250. The third-order valence-corrected chi connectivity index (χ3v) is 17.1. The highest BCUT2D eigenvalue weighted by atomic mass is 16.5. The lowest BCUT2D eigenvalue weighted by atomic mass is 9.97. The van der Waals surface area contributed by atoms with E-state index in [2.05, 4.69) is 49.1 Å². The van der Waals surface area contributed by atoms with Crippen molar-refractivity contribution >= 4 is 69.7 Å². The highest BCUT2D eigenvalue weighted by molar-refractivity contribution is 5.87. The van der Waals surface area contributed by atoms with Crippen LogP contribution >= 0.6 is 0 Å². The van der Waals surface area contributed by atoms with E-state index in [9.17, 15) is 120 Å². The van der Waals surface area contributed by atoms with Crippen LogP contribution in [-0.4, -0.2) is 350 Å². The van der Waals surface area contributed by atoms with Gasteiger partial charge in [-0.2, -0.15) is 0 Å². The molecular formula is C79H160N12O26. The first kappa shape index (κ1) is 124. The fourth-order valence-corrected chi connectivity index (χ4v) is 9.84. The summed E-state index contributed by atoms with van der Waals surface area (Å²) in [6, 6.07) is 0. The van der Waals surface area contributed by atoms with Crippen molar-refractivity contribution in [2.45, 2.75) is 333 Å². The molecule has 0 radical (unpaired) electrons. The Kier molecular flexibility index (Phi) is 87.7. The number of Topliss-reactive ketones (excluding diaryl/α,β-unsaturated/α-hetero) is 4. The van der Waals surface area contributed by atoms with Gasteiger partial charge in [-0.25, -0.2) is 0 Å². The maximum absolute atomic E-state index is 11.8. The van der Waals surface area contributed by atoms with E-state index < -0.39 is 144 Å². The van der Waals surface area contributed by atoms with Gasteiger partial charge in [-0.15, -0.1) is 0 Å². The van der Waals surface area contributed by atoms with Crippen LogP contribution in [-0.2, 0) is 47.8 Å². The van der Waals surface area contributed by atoms with Gasteiger partial charge in [0.05, 0.1) is 12.4 Å². The van der Waals surface area contributed by atoms with Crippen LogP contribution in [0.5, 0.6) is 0 Å². The summed E-state index contributed by atoms with van der Waals surface area (Å²) in [5.74, 6) is -5.98. The number of hydrogen-bond acceptors (Lipinski definition) is 33. The number of ether oxygens (including phenoxy) is 2. The minimum atomic E-state index is -2.00. The number of likely N-dealkylation sites (N-methyl/N-ethyl adjacent to an activating group) is 2. The van der Waals surface area contributed by atoms with E-state index in [0.29, 0.717) is 77.4 Å². The molecule has 0 heterocycles. The quantitative estimate of drug-likeness (QED) is 0.0187. The molecule has 0 aromatic carbocycles. The minimum absolute atomic E-state index is 0. The summed E-state index contributed by atoms with van der Waals surface area (Å²) < 4.78 is 10.4. The number of amides is 4. The van der Waals surface area contributed by atoms with Crippen molar-refractivity contribution in [3.8, 4) is 0 Å². The van der Waals surface area contributed by atoms with Gasteiger partial charge in [0, 0.05) is 96.4 Å². The molecule has 38 nitrogen and oxygen atoms in total. The van der Waals surface area contributed by atoms with E-state index >= 15 is 0 Å². The first-order chi connectivity index (χ1) is 54.8. The number of rotatable bonds is 65. The third kappa shape index (κ3) is 67.5.